The molecule has 0 unspecified atom stereocenters. The standard InChI is InChI=1S/C17H18ClFN2O/c1-11-3-8-15(9-16(11)19)21-17(22)10-20-12(2)13-4-6-14(18)7-5-13/h3-9,12,20H,10H2,1-2H3,(H,21,22)/p+1/t12-/m0/s1. The van der Waals surface area contributed by atoms with Crippen molar-refractivity contribution in [2.24, 2.45) is 0 Å². The molecule has 0 fully saturated rings. The lowest BCUT2D eigenvalue weighted by atomic mass is 10.1. The van der Waals surface area contributed by atoms with Gasteiger partial charge in [-0.3, -0.25) is 4.79 Å². The maximum absolute atomic E-state index is 13.4. The van der Waals surface area contributed by atoms with E-state index in [1.54, 1.807) is 19.1 Å². The number of carbonyl (C=O) groups is 1. The minimum Gasteiger partial charge on any atom is -0.333 e. The smallest absolute Gasteiger partial charge is 0.279 e. The van der Waals surface area contributed by atoms with Crippen molar-refractivity contribution in [3.63, 3.8) is 0 Å². The van der Waals surface area contributed by atoms with Gasteiger partial charge in [-0.05, 0) is 43.7 Å². The quantitative estimate of drug-likeness (QED) is 0.873. The highest BCUT2D eigenvalue weighted by Gasteiger charge is 2.12. The Morgan fingerprint density at radius 3 is 2.59 bits per heavy atom. The molecule has 0 saturated carbocycles. The van der Waals surface area contributed by atoms with E-state index in [1.807, 2.05) is 36.5 Å². The van der Waals surface area contributed by atoms with Gasteiger partial charge in [-0.1, -0.05) is 29.8 Å². The second-order valence-corrected chi connectivity index (χ2v) is 5.73. The first-order valence-corrected chi connectivity index (χ1v) is 7.48. The zero-order chi connectivity index (χ0) is 16.1. The van der Waals surface area contributed by atoms with Crippen molar-refractivity contribution in [2.45, 2.75) is 19.9 Å². The van der Waals surface area contributed by atoms with Crippen LogP contribution < -0.4 is 10.6 Å². The molecule has 3 N–H and O–H groups in total. The second-order valence-electron chi connectivity index (χ2n) is 5.29. The number of anilines is 1. The lowest BCUT2D eigenvalue weighted by molar-refractivity contribution is -0.682. The molecule has 0 aliphatic heterocycles. The molecule has 2 aromatic rings. The fourth-order valence-electron chi connectivity index (χ4n) is 2.07. The minimum absolute atomic E-state index is 0.137. The van der Waals surface area contributed by atoms with Crippen LogP contribution in [0.3, 0.4) is 0 Å². The third-order valence-corrected chi connectivity index (χ3v) is 3.76. The molecule has 116 valence electrons. The van der Waals surface area contributed by atoms with Crippen molar-refractivity contribution >= 4 is 23.2 Å². The van der Waals surface area contributed by atoms with Gasteiger partial charge >= 0.3 is 0 Å². The molecule has 0 bridgehead atoms. The summed E-state index contributed by atoms with van der Waals surface area (Å²) in [6, 6.07) is 12.3. The van der Waals surface area contributed by atoms with Gasteiger partial charge < -0.3 is 10.6 Å². The number of aryl methyl sites for hydroxylation is 1. The number of quaternary nitrogens is 1. The van der Waals surface area contributed by atoms with E-state index in [0.717, 1.165) is 5.56 Å². The Kier molecular flexibility index (Phi) is 5.52. The van der Waals surface area contributed by atoms with E-state index in [9.17, 15) is 9.18 Å². The Labute approximate surface area is 134 Å². The van der Waals surface area contributed by atoms with Crippen LogP contribution in [0.4, 0.5) is 10.1 Å². The van der Waals surface area contributed by atoms with E-state index in [-0.39, 0.29) is 24.3 Å². The van der Waals surface area contributed by atoms with Crippen LogP contribution in [0.15, 0.2) is 42.5 Å². The highest BCUT2D eigenvalue weighted by atomic mass is 35.5. The average molecular weight is 322 g/mol. The van der Waals surface area contributed by atoms with Gasteiger partial charge in [0.15, 0.2) is 6.54 Å². The van der Waals surface area contributed by atoms with Crippen molar-refractivity contribution in [1.82, 2.24) is 0 Å². The lowest BCUT2D eigenvalue weighted by Crippen LogP contribution is -2.86. The summed E-state index contributed by atoms with van der Waals surface area (Å²) in [6.45, 7) is 3.96. The molecule has 0 radical (unpaired) electrons. The van der Waals surface area contributed by atoms with E-state index in [0.29, 0.717) is 16.3 Å². The van der Waals surface area contributed by atoms with E-state index < -0.39 is 0 Å². The van der Waals surface area contributed by atoms with Crippen LogP contribution in [0.2, 0.25) is 5.02 Å². The fraction of sp³-hybridized carbons (Fsp3) is 0.235. The lowest BCUT2D eigenvalue weighted by Gasteiger charge is -2.11. The van der Waals surface area contributed by atoms with Crippen LogP contribution in [0.5, 0.6) is 0 Å². The van der Waals surface area contributed by atoms with Gasteiger partial charge in [0, 0.05) is 16.3 Å². The van der Waals surface area contributed by atoms with Gasteiger partial charge in [-0.2, -0.15) is 0 Å². The van der Waals surface area contributed by atoms with Crippen LogP contribution in [0, 0.1) is 12.7 Å². The summed E-state index contributed by atoms with van der Waals surface area (Å²) in [5, 5.41) is 5.30. The van der Waals surface area contributed by atoms with Gasteiger partial charge in [0.05, 0.1) is 0 Å². The number of benzene rings is 2. The average Bonchev–Trinajstić information content (AvgIpc) is 2.49. The first kappa shape index (κ1) is 16.5. The van der Waals surface area contributed by atoms with Crippen LogP contribution in [-0.2, 0) is 4.79 Å². The van der Waals surface area contributed by atoms with E-state index in [4.69, 9.17) is 11.6 Å². The summed E-state index contributed by atoms with van der Waals surface area (Å²) >= 11 is 5.85. The molecule has 2 rings (SSSR count). The van der Waals surface area contributed by atoms with Crippen molar-refractivity contribution in [3.8, 4) is 0 Å². The van der Waals surface area contributed by atoms with Gasteiger partial charge in [0.1, 0.15) is 11.9 Å². The SMILES string of the molecule is Cc1ccc(NC(=O)C[NH2+][C@@H](C)c2ccc(Cl)cc2)cc1F. The van der Waals surface area contributed by atoms with Crippen molar-refractivity contribution in [2.75, 3.05) is 11.9 Å². The number of rotatable bonds is 5. The van der Waals surface area contributed by atoms with Crippen LogP contribution in [0.1, 0.15) is 24.1 Å². The number of carbonyl (C=O) groups excluding carboxylic acids is 1. The summed E-state index contributed by atoms with van der Waals surface area (Å²) in [5.41, 5.74) is 2.13. The normalized spacial score (nSPS) is 12.0. The number of nitrogens with two attached hydrogens (primary N) is 1. The first-order chi connectivity index (χ1) is 10.5. The van der Waals surface area contributed by atoms with Crippen molar-refractivity contribution < 1.29 is 14.5 Å². The third-order valence-electron chi connectivity index (χ3n) is 3.51. The Morgan fingerprint density at radius 2 is 1.95 bits per heavy atom. The zero-order valence-corrected chi connectivity index (χ0v) is 13.3. The first-order valence-electron chi connectivity index (χ1n) is 7.10. The van der Waals surface area contributed by atoms with Crippen molar-refractivity contribution in [3.05, 3.63) is 64.4 Å². The molecule has 0 saturated heterocycles. The Balaban J connectivity index is 1.86. The molecule has 1 amide bonds. The number of halogens is 2. The molecule has 2 aromatic carbocycles. The van der Waals surface area contributed by atoms with Crippen LogP contribution in [-0.4, -0.2) is 12.5 Å². The van der Waals surface area contributed by atoms with Gasteiger partial charge in [0.25, 0.3) is 5.91 Å². The van der Waals surface area contributed by atoms with Gasteiger partial charge in [0.2, 0.25) is 0 Å². The summed E-state index contributed by atoms with van der Waals surface area (Å²) in [7, 11) is 0. The molecule has 0 aliphatic carbocycles. The Morgan fingerprint density at radius 1 is 1.27 bits per heavy atom. The van der Waals surface area contributed by atoms with Crippen LogP contribution in [0.25, 0.3) is 0 Å². The molecule has 0 heterocycles. The Hall–Kier alpha value is -1.91. The Bertz CT molecular complexity index is 658. The van der Waals surface area contributed by atoms with Gasteiger partial charge in [-0.25, -0.2) is 4.39 Å². The molecule has 5 heteroatoms. The summed E-state index contributed by atoms with van der Waals surface area (Å²) in [6.07, 6.45) is 0. The monoisotopic (exact) mass is 321 g/mol. The molecule has 0 aromatic heterocycles. The molecular formula is C17H19ClFN2O+. The highest BCUT2D eigenvalue weighted by molar-refractivity contribution is 6.30. The largest absolute Gasteiger partial charge is 0.333 e. The predicted octanol–water partition coefficient (Wildman–Crippen LogP) is 3.05. The molecule has 0 spiro atoms. The molecule has 22 heavy (non-hydrogen) atoms. The molecule has 1 atom stereocenters. The highest BCUT2D eigenvalue weighted by Crippen LogP contribution is 2.14. The molecular weight excluding hydrogens is 303 g/mol. The maximum atomic E-state index is 13.4. The maximum Gasteiger partial charge on any atom is 0.279 e. The van der Waals surface area contributed by atoms with E-state index in [2.05, 4.69) is 5.32 Å². The van der Waals surface area contributed by atoms with Crippen molar-refractivity contribution in [1.29, 1.82) is 0 Å². The predicted molar refractivity (Wildman–Crippen MR) is 86.4 cm³/mol. The summed E-state index contributed by atoms with van der Waals surface area (Å²) < 4.78 is 13.4. The van der Waals surface area contributed by atoms with E-state index in [1.165, 1.54) is 6.07 Å². The third kappa shape index (κ3) is 4.55. The summed E-state index contributed by atoms with van der Waals surface area (Å²) in [5.74, 6) is -0.486. The van der Waals surface area contributed by atoms with Gasteiger partial charge in [-0.15, -0.1) is 0 Å². The molecule has 0 aliphatic rings. The molecule has 3 nitrogen and oxygen atoms in total. The zero-order valence-electron chi connectivity index (χ0n) is 12.6. The topological polar surface area (TPSA) is 45.7 Å². The minimum atomic E-state index is -0.323. The number of hydrogen-bond acceptors (Lipinski definition) is 1. The number of hydrogen-bond donors (Lipinski definition) is 2. The summed E-state index contributed by atoms with van der Waals surface area (Å²) in [4.78, 5) is 11.9. The number of nitrogens with one attached hydrogen (secondary N) is 1. The van der Waals surface area contributed by atoms with E-state index >= 15 is 0 Å². The van der Waals surface area contributed by atoms with Crippen LogP contribution >= 0.6 is 11.6 Å². The number of amides is 1. The second kappa shape index (κ2) is 7.38. The fourth-order valence-corrected chi connectivity index (χ4v) is 2.19.